The molecule has 4 atom stereocenters. The second-order valence-electron chi connectivity index (χ2n) is 7.59. The Morgan fingerprint density at radius 1 is 0.917 bits per heavy atom. The number of ether oxygens (including phenoxy) is 4. The molecule has 0 aromatic heterocycles. The standard InChI is InChI=1S/C20H38O4/c1-5-6-7-8-9-10-17(20(21-2,22-3)23-4)13-11-16-12-14-18-19(15-16)24-18/h16-19H,5-15H2,1-4H3. The van der Waals surface area contributed by atoms with E-state index in [1.165, 1.54) is 57.8 Å². The van der Waals surface area contributed by atoms with Crippen molar-refractivity contribution < 1.29 is 18.9 Å². The monoisotopic (exact) mass is 342 g/mol. The maximum Gasteiger partial charge on any atom is 0.285 e. The Morgan fingerprint density at radius 3 is 2.25 bits per heavy atom. The van der Waals surface area contributed by atoms with Crippen LogP contribution in [-0.4, -0.2) is 39.5 Å². The summed E-state index contributed by atoms with van der Waals surface area (Å²) in [5.41, 5.74) is 0. The number of hydrogen-bond acceptors (Lipinski definition) is 4. The minimum atomic E-state index is -0.891. The van der Waals surface area contributed by atoms with Gasteiger partial charge in [0.2, 0.25) is 0 Å². The highest BCUT2D eigenvalue weighted by Gasteiger charge is 2.45. The van der Waals surface area contributed by atoms with Crippen molar-refractivity contribution in [2.45, 2.75) is 95.7 Å². The van der Waals surface area contributed by atoms with Gasteiger partial charge in [0.25, 0.3) is 5.97 Å². The van der Waals surface area contributed by atoms with Crippen molar-refractivity contribution in [2.75, 3.05) is 21.3 Å². The Bertz CT molecular complexity index is 334. The lowest BCUT2D eigenvalue weighted by molar-refractivity contribution is -0.380. The molecular formula is C20H38O4. The van der Waals surface area contributed by atoms with Gasteiger partial charge < -0.3 is 18.9 Å². The van der Waals surface area contributed by atoms with Crippen molar-refractivity contribution >= 4 is 0 Å². The molecule has 142 valence electrons. The van der Waals surface area contributed by atoms with Gasteiger partial charge in [-0.1, -0.05) is 39.0 Å². The lowest BCUT2D eigenvalue weighted by Gasteiger charge is -2.37. The van der Waals surface area contributed by atoms with Crippen molar-refractivity contribution in [3.8, 4) is 0 Å². The van der Waals surface area contributed by atoms with Gasteiger partial charge in [-0.25, -0.2) is 0 Å². The van der Waals surface area contributed by atoms with Crippen LogP contribution in [0.2, 0.25) is 0 Å². The first-order valence-electron chi connectivity index (χ1n) is 10.00. The van der Waals surface area contributed by atoms with Gasteiger partial charge in [-0.15, -0.1) is 0 Å². The molecule has 4 unspecified atom stereocenters. The van der Waals surface area contributed by atoms with Crippen LogP contribution in [0.5, 0.6) is 0 Å². The molecule has 0 aromatic rings. The highest BCUT2D eigenvalue weighted by atomic mass is 16.9. The maximum absolute atomic E-state index is 5.68. The van der Waals surface area contributed by atoms with E-state index < -0.39 is 5.97 Å². The quantitative estimate of drug-likeness (QED) is 0.271. The van der Waals surface area contributed by atoms with E-state index in [0.29, 0.717) is 12.2 Å². The predicted molar refractivity (Wildman–Crippen MR) is 95.9 cm³/mol. The molecule has 1 heterocycles. The summed E-state index contributed by atoms with van der Waals surface area (Å²) in [6, 6.07) is 0. The molecule has 1 saturated carbocycles. The van der Waals surface area contributed by atoms with Gasteiger partial charge in [0, 0.05) is 27.2 Å². The van der Waals surface area contributed by atoms with Gasteiger partial charge in [0.15, 0.2) is 0 Å². The fourth-order valence-corrected chi connectivity index (χ4v) is 4.43. The predicted octanol–water partition coefficient (Wildman–Crippen LogP) is 4.90. The van der Waals surface area contributed by atoms with E-state index in [1.807, 2.05) is 0 Å². The Morgan fingerprint density at radius 2 is 1.62 bits per heavy atom. The van der Waals surface area contributed by atoms with Gasteiger partial charge in [-0.3, -0.25) is 0 Å². The summed E-state index contributed by atoms with van der Waals surface area (Å²) in [5, 5.41) is 0. The molecule has 4 nitrogen and oxygen atoms in total. The van der Waals surface area contributed by atoms with Crippen LogP contribution in [0.3, 0.4) is 0 Å². The first-order chi connectivity index (χ1) is 11.7. The fraction of sp³-hybridized carbons (Fsp3) is 1.00. The Labute approximate surface area is 148 Å². The fourth-order valence-electron chi connectivity index (χ4n) is 4.43. The minimum absolute atomic E-state index is 0.289. The molecule has 4 heteroatoms. The largest absolute Gasteiger partial charge is 0.370 e. The number of hydrogen-bond donors (Lipinski definition) is 0. The Kier molecular flexibility index (Phi) is 8.48. The van der Waals surface area contributed by atoms with Crippen molar-refractivity contribution in [1.82, 2.24) is 0 Å². The highest BCUT2D eigenvalue weighted by Crippen LogP contribution is 2.42. The topological polar surface area (TPSA) is 40.2 Å². The number of unbranched alkanes of at least 4 members (excludes halogenated alkanes) is 4. The van der Waals surface area contributed by atoms with E-state index in [0.717, 1.165) is 18.8 Å². The third-order valence-corrected chi connectivity index (χ3v) is 6.05. The molecule has 0 spiro atoms. The van der Waals surface area contributed by atoms with Gasteiger partial charge >= 0.3 is 0 Å². The number of methoxy groups -OCH3 is 3. The molecule has 2 rings (SSSR count). The van der Waals surface area contributed by atoms with E-state index in [1.54, 1.807) is 21.3 Å². The number of fused-ring (bicyclic) bond motifs is 1. The summed E-state index contributed by atoms with van der Waals surface area (Å²) in [4.78, 5) is 0. The summed E-state index contributed by atoms with van der Waals surface area (Å²) in [6.07, 6.45) is 14.8. The van der Waals surface area contributed by atoms with Crippen molar-refractivity contribution in [3.63, 3.8) is 0 Å². The molecule has 2 fully saturated rings. The van der Waals surface area contributed by atoms with Crippen molar-refractivity contribution in [3.05, 3.63) is 0 Å². The number of rotatable bonds is 13. The molecule has 0 aromatic carbocycles. The van der Waals surface area contributed by atoms with Crippen molar-refractivity contribution in [2.24, 2.45) is 11.8 Å². The van der Waals surface area contributed by atoms with E-state index in [4.69, 9.17) is 18.9 Å². The molecule has 0 radical (unpaired) electrons. The van der Waals surface area contributed by atoms with Crippen LogP contribution in [0.1, 0.15) is 77.6 Å². The third kappa shape index (κ3) is 5.42. The first-order valence-corrected chi connectivity index (χ1v) is 10.00. The average molecular weight is 343 g/mol. The van der Waals surface area contributed by atoms with Crippen LogP contribution in [0.4, 0.5) is 0 Å². The normalized spacial score (nSPS) is 27.8. The molecule has 2 aliphatic rings. The van der Waals surface area contributed by atoms with Gasteiger partial charge in [-0.2, -0.15) is 0 Å². The summed E-state index contributed by atoms with van der Waals surface area (Å²) in [6.45, 7) is 2.26. The van der Waals surface area contributed by atoms with Crippen LogP contribution in [0, 0.1) is 11.8 Å². The maximum atomic E-state index is 5.68. The summed E-state index contributed by atoms with van der Waals surface area (Å²) < 4.78 is 22.7. The Hall–Kier alpha value is -0.160. The molecule has 0 N–H and O–H groups in total. The van der Waals surface area contributed by atoms with E-state index in [-0.39, 0.29) is 5.92 Å². The van der Waals surface area contributed by atoms with Crippen molar-refractivity contribution in [1.29, 1.82) is 0 Å². The first kappa shape index (κ1) is 20.2. The summed E-state index contributed by atoms with van der Waals surface area (Å²) in [5.74, 6) is 0.189. The third-order valence-electron chi connectivity index (χ3n) is 6.05. The van der Waals surface area contributed by atoms with Crippen LogP contribution in [0.15, 0.2) is 0 Å². The van der Waals surface area contributed by atoms with Crippen LogP contribution in [0.25, 0.3) is 0 Å². The molecule has 0 amide bonds. The second-order valence-corrected chi connectivity index (χ2v) is 7.59. The average Bonchev–Trinajstić information content (AvgIpc) is 3.39. The van der Waals surface area contributed by atoms with Crippen LogP contribution >= 0.6 is 0 Å². The lowest BCUT2D eigenvalue weighted by atomic mass is 9.82. The summed E-state index contributed by atoms with van der Waals surface area (Å²) in [7, 11) is 5.08. The van der Waals surface area contributed by atoms with E-state index >= 15 is 0 Å². The minimum Gasteiger partial charge on any atom is -0.370 e. The van der Waals surface area contributed by atoms with Gasteiger partial charge in [-0.05, 0) is 44.4 Å². The van der Waals surface area contributed by atoms with Gasteiger partial charge in [0.1, 0.15) is 0 Å². The number of epoxide rings is 1. The molecule has 1 aliphatic heterocycles. The smallest absolute Gasteiger partial charge is 0.285 e. The second kappa shape index (κ2) is 10.1. The molecule has 1 saturated heterocycles. The zero-order valence-corrected chi connectivity index (χ0v) is 16.2. The van der Waals surface area contributed by atoms with Crippen LogP contribution < -0.4 is 0 Å². The van der Waals surface area contributed by atoms with E-state index in [9.17, 15) is 0 Å². The highest BCUT2D eigenvalue weighted by molar-refractivity contribution is 4.92. The lowest BCUT2D eigenvalue weighted by Crippen LogP contribution is -2.44. The molecule has 24 heavy (non-hydrogen) atoms. The zero-order valence-electron chi connectivity index (χ0n) is 16.2. The van der Waals surface area contributed by atoms with Gasteiger partial charge in [0.05, 0.1) is 12.2 Å². The summed E-state index contributed by atoms with van der Waals surface area (Å²) >= 11 is 0. The Balaban J connectivity index is 1.83. The van der Waals surface area contributed by atoms with E-state index in [2.05, 4.69) is 6.92 Å². The SMILES string of the molecule is CCCCCCCC(CCC1CCC2OC2C1)C(OC)(OC)OC. The molecular weight excluding hydrogens is 304 g/mol. The molecule has 1 aliphatic carbocycles. The van der Waals surface area contributed by atoms with Crippen LogP contribution in [-0.2, 0) is 18.9 Å². The zero-order chi connectivity index (χ0) is 17.4. The molecule has 0 bridgehead atoms.